The van der Waals surface area contributed by atoms with E-state index in [4.69, 9.17) is 4.74 Å². The molecule has 0 bridgehead atoms. The number of rotatable bonds is 10. The van der Waals surface area contributed by atoms with Gasteiger partial charge >= 0.3 is 12.1 Å². The molecule has 2 aliphatic carbocycles. The fourth-order valence-corrected chi connectivity index (χ4v) is 4.75. The molecule has 1 fully saturated rings. The molecule has 33 heavy (non-hydrogen) atoms. The summed E-state index contributed by atoms with van der Waals surface area (Å²) >= 11 is 1.57. The fraction of sp³-hybridized carbons (Fsp3) is 0.400. The third-order valence-corrected chi connectivity index (χ3v) is 7.12. The van der Waals surface area contributed by atoms with E-state index >= 15 is 0 Å². The number of carbonyl (C=O) groups excluding carboxylic acids is 2. The van der Waals surface area contributed by atoms with Crippen molar-refractivity contribution in [2.75, 3.05) is 25.2 Å². The normalized spacial score (nSPS) is 16.3. The molecule has 3 N–H and O–H groups in total. The first kappa shape index (κ1) is 23.2. The maximum absolute atomic E-state index is 12.7. The Balaban J connectivity index is 1.37. The van der Waals surface area contributed by atoms with Gasteiger partial charge in [-0.15, -0.1) is 0 Å². The molecule has 0 heterocycles. The van der Waals surface area contributed by atoms with E-state index < -0.39 is 23.5 Å². The Labute approximate surface area is 197 Å². The molecular formula is C25H28N2O5S. The summed E-state index contributed by atoms with van der Waals surface area (Å²) in [6, 6.07) is 15.4. The molecule has 0 aromatic heterocycles. The number of carboxylic acid groups (broad SMARTS) is 1. The van der Waals surface area contributed by atoms with Gasteiger partial charge in [0.25, 0.3) is 0 Å². The first-order valence-electron chi connectivity index (χ1n) is 11.1. The third-order valence-electron chi connectivity index (χ3n) is 6.47. The topological polar surface area (TPSA) is 105 Å². The van der Waals surface area contributed by atoms with E-state index in [1.165, 1.54) is 0 Å². The molecule has 2 aromatic carbocycles. The number of hydrogen-bond acceptors (Lipinski definition) is 5. The predicted octanol–water partition coefficient (Wildman–Crippen LogP) is 3.63. The zero-order valence-electron chi connectivity index (χ0n) is 18.5. The molecule has 2 amide bonds. The minimum atomic E-state index is -0.895. The summed E-state index contributed by atoms with van der Waals surface area (Å²) in [4.78, 5) is 36.7. The highest BCUT2D eigenvalue weighted by atomic mass is 32.2. The smallest absolute Gasteiger partial charge is 0.407 e. The van der Waals surface area contributed by atoms with E-state index in [1.807, 2.05) is 42.7 Å². The maximum atomic E-state index is 12.7. The van der Waals surface area contributed by atoms with E-state index in [0.29, 0.717) is 25.0 Å². The van der Waals surface area contributed by atoms with E-state index in [-0.39, 0.29) is 25.0 Å². The monoisotopic (exact) mass is 468 g/mol. The molecule has 1 atom stereocenters. The van der Waals surface area contributed by atoms with Gasteiger partial charge in [0, 0.05) is 12.5 Å². The molecule has 0 aliphatic heterocycles. The van der Waals surface area contributed by atoms with Crippen molar-refractivity contribution in [2.45, 2.75) is 31.2 Å². The highest BCUT2D eigenvalue weighted by molar-refractivity contribution is 7.98. The van der Waals surface area contributed by atoms with Crippen LogP contribution in [0.3, 0.4) is 0 Å². The van der Waals surface area contributed by atoms with Crippen molar-refractivity contribution in [1.82, 2.24) is 10.6 Å². The Morgan fingerprint density at radius 1 is 1.09 bits per heavy atom. The van der Waals surface area contributed by atoms with Gasteiger partial charge in [-0.3, -0.25) is 9.59 Å². The largest absolute Gasteiger partial charge is 0.481 e. The molecule has 8 heteroatoms. The number of carboxylic acids is 1. The van der Waals surface area contributed by atoms with Gasteiger partial charge in [-0.1, -0.05) is 48.5 Å². The minimum absolute atomic E-state index is 0.0630. The van der Waals surface area contributed by atoms with Gasteiger partial charge in [-0.25, -0.2) is 4.79 Å². The van der Waals surface area contributed by atoms with Crippen molar-refractivity contribution in [1.29, 1.82) is 0 Å². The van der Waals surface area contributed by atoms with Crippen LogP contribution < -0.4 is 10.6 Å². The van der Waals surface area contributed by atoms with Gasteiger partial charge < -0.3 is 20.5 Å². The number of nitrogens with one attached hydrogen (secondary N) is 2. The molecule has 4 rings (SSSR count). The lowest BCUT2D eigenvalue weighted by Crippen LogP contribution is -2.49. The average molecular weight is 469 g/mol. The van der Waals surface area contributed by atoms with Gasteiger partial charge in [0.1, 0.15) is 12.6 Å². The number of aliphatic carboxylic acids is 1. The van der Waals surface area contributed by atoms with Gasteiger partial charge in [-0.05, 0) is 53.5 Å². The molecule has 0 unspecified atom stereocenters. The molecule has 0 radical (unpaired) electrons. The second kappa shape index (κ2) is 9.87. The van der Waals surface area contributed by atoms with Crippen LogP contribution in [0.4, 0.5) is 4.79 Å². The number of carbonyl (C=O) groups is 3. The van der Waals surface area contributed by atoms with E-state index in [0.717, 1.165) is 22.3 Å². The van der Waals surface area contributed by atoms with Crippen LogP contribution in [0.15, 0.2) is 48.5 Å². The van der Waals surface area contributed by atoms with Crippen LogP contribution in [0.5, 0.6) is 0 Å². The number of ether oxygens (including phenoxy) is 1. The molecule has 2 aromatic rings. The van der Waals surface area contributed by atoms with E-state index in [1.54, 1.807) is 11.8 Å². The number of benzene rings is 2. The molecule has 174 valence electrons. The standard InChI is InChI=1S/C25H28N2O5S/c1-33-13-10-21(22(28)26-15-25(11-12-25)23(29)30)27-24(31)32-14-20-18-8-4-2-6-16(18)17-7-3-5-9-19(17)20/h2-9,20-21H,10-15H2,1H3,(H,26,28)(H,27,31)(H,29,30)/t21-/m0/s1. The SMILES string of the molecule is CSCC[C@H](NC(=O)OCC1c2ccccc2-c2ccccc21)C(=O)NCC1(C(=O)O)CC1. The van der Waals surface area contributed by atoms with Crippen molar-refractivity contribution in [3.05, 3.63) is 59.7 Å². The molecule has 0 saturated heterocycles. The lowest BCUT2D eigenvalue weighted by Gasteiger charge is -2.20. The summed E-state index contributed by atoms with van der Waals surface area (Å²) < 4.78 is 5.57. The highest BCUT2D eigenvalue weighted by Gasteiger charge is 2.50. The van der Waals surface area contributed by atoms with Crippen LogP contribution in [0.2, 0.25) is 0 Å². The number of thioether (sulfide) groups is 1. The van der Waals surface area contributed by atoms with Crippen LogP contribution in [0.1, 0.15) is 36.3 Å². The summed E-state index contributed by atoms with van der Waals surface area (Å²) in [5.74, 6) is -0.670. The first-order chi connectivity index (χ1) is 15.9. The summed E-state index contributed by atoms with van der Waals surface area (Å²) in [6.07, 6.45) is 2.80. The zero-order valence-corrected chi connectivity index (χ0v) is 19.3. The Bertz CT molecular complexity index is 1010. The number of fused-ring (bicyclic) bond motifs is 3. The summed E-state index contributed by atoms with van der Waals surface area (Å²) in [5.41, 5.74) is 3.67. The lowest BCUT2D eigenvalue weighted by molar-refractivity contribution is -0.143. The van der Waals surface area contributed by atoms with Gasteiger partial charge in [0.2, 0.25) is 5.91 Å². The van der Waals surface area contributed by atoms with Crippen molar-refractivity contribution in [3.63, 3.8) is 0 Å². The molecule has 2 aliphatic rings. The van der Waals surface area contributed by atoms with Crippen LogP contribution in [0, 0.1) is 5.41 Å². The minimum Gasteiger partial charge on any atom is -0.481 e. The Kier molecular flexibility index (Phi) is 6.93. The van der Waals surface area contributed by atoms with Gasteiger partial charge in [0.15, 0.2) is 0 Å². The van der Waals surface area contributed by atoms with Gasteiger partial charge in [0.05, 0.1) is 5.41 Å². The zero-order chi connectivity index (χ0) is 23.4. The van der Waals surface area contributed by atoms with Crippen LogP contribution in [0.25, 0.3) is 11.1 Å². The predicted molar refractivity (Wildman–Crippen MR) is 127 cm³/mol. The second-order valence-corrected chi connectivity index (χ2v) is 9.59. The first-order valence-corrected chi connectivity index (χ1v) is 12.5. The molecule has 0 spiro atoms. The quantitative estimate of drug-likeness (QED) is 0.492. The summed E-state index contributed by atoms with van der Waals surface area (Å²) in [6.45, 7) is 0.238. The van der Waals surface area contributed by atoms with E-state index in [9.17, 15) is 19.5 Å². The highest BCUT2D eigenvalue weighted by Crippen LogP contribution is 2.45. The van der Waals surface area contributed by atoms with Crippen molar-refractivity contribution >= 4 is 29.7 Å². The van der Waals surface area contributed by atoms with Crippen LogP contribution in [-0.4, -0.2) is 54.3 Å². The lowest BCUT2D eigenvalue weighted by atomic mass is 9.98. The molecule has 7 nitrogen and oxygen atoms in total. The Hall–Kier alpha value is -3.00. The Morgan fingerprint density at radius 2 is 1.70 bits per heavy atom. The van der Waals surface area contributed by atoms with Crippen LogP contribution in [-0.2, 0) is 14.3 Å². The van der Waals surface area contributed by atoms with Crippen LogP contribution >= 0.6 is 11.8 Å². The van der Waals surface area contributed by atoms with E-state index in [2.05, 4.69) is 22.8 Å². The summed E-state index contributed by atoms with van der Waals surface area (Å²) in [5, 5.41) is 14.7. The van der Waals surface area contributed by atoms with Crippen molar-refractivity contribution in [2.24, 2.45) is 5.41 Å². The summed E-state index contributed by atoms with van der Waals surface area (Å²) in [7, 11) is 0. The number of alkyl carbamates (subject to hydrolysis) is 1. The fourth-order valence-electron chi connectivity index (χ4n) is 4.28. The third kappa shape index (κ3) is 5.00. The number of hydrogen-bond donors (Lipinski definition) is 3. The maximum Gasteiger partial charge on any atom is 0.407 e. The van der Waals surface area contributed by atoms with Crippen molar-refractivity contribution in [3.8, 4) is 11.1 Å². The second-order valence-electron chi connectivity index (χ2n) is 8.61. The number of amides is 2. The molecule has 1 saturated carbocycles. The van der Waals surface area contributed by atoms with Gasteiger partial charge in [-0.2, -0.15) is 11.8 Å². The van der Waals surface area contributed by atoms with Crippen molar-refractivity contribution < 1.29 is 24.2 Å². The average Bonchev–Trinajstić information content (AvgIpc) is 3.56. The molecular weight excluding hydrogens is 440 g/mol. The Morgan fingerprint density at radius 3 is 2.24 bits per heavy atom.